The van der Waals surface area contributed by atoms with Crippen molar-refractivity contribution in [2.75, 3.05) is 13.2 Å². The van der Waals surface area contributed by atoms with E-state index in [0.717, 1.165) is 12.8 Å². The average Bonchev–Trinajstić information content (AvgIpc) is 3.48. The van der Waals surface area contributed by atoms with E-state index >= 15 is 0 Å². The molecule has 4 rings (SSSR count). The second-order valence-corrected chi connectivity index (χ2v) is 8.79. The smallest absolute Gasteiger partial charge is 0.296 e. The Kier molecular flexibility index (Phi) is 8.00. The standard InChI is InChI=1S/C28H28ClNO6/c1-3-5-14-36-22-13-10-19(16-23(22)34-4-2)25-24(26(31)18-8-11-20(29)12-9-18)27(32)28(33)30(25)17-21-7-6-15-35-21/h6-13,15-16,25,31H,3-5,14,17H2,1-2H3. The zero-order valence-corrected chi connectivity index (χ0v) is 21.0. The van der Waals surface area contributed by atoms with Crippen LogP contribution in [0.1, 0.15) is 49.6 Å². The quantitative estimate of drug-likeness (QED) is 0.153. The van der Waals surface area contributed by atoms with E-state index < -0.39 is 17.7 Å². The van der Waals surface area contributed by atoms with Crippen molar-refractivity contribution in [1.29, 1.82) is 0 Å². The Balaban J connectivity index is 1.83. The molecule has 1 amide bonds. The van der Waals surface area contributed by atoms with Crippen LogP contribution in [0.2, 0.25) is 5.02 Å². The number of amides is 1. The summed E-state index contributed by atoms with van der Waals surface area (Å²) in [5.74, 6) is -0.194. The van der Waals surface area contributed by atoms with Crippen LogP contribution < -0.4 is 9.47 Å². The van der Waals surface area contributed by atoms with Crippen molar-refractivity contribution in [3.8, 4) is 11.5 Å². The number of carbonyl (C=O) groups is 2. The molecule has 8 heteroatoms. The molecule has 1 aromatic heterocycles. The summed E-state index contributed by atoms with van der Waals surface area (Å²) in [5.41, 5.74) is 0.962. The third kappa shape index (κ3) is 5.26. The van der Waals surface area contributed by atoms with Crippen LogP contribution in [0.3, 0.4) is 0 Å². The molecule has 1 saturated heterocycles. The molecular formula is C28H28ClNO6. The molecule has 1 aliphatic rings. The number of benzene rings is 2. The molecule has 1 atom stereocenters. The van der Waals surface area contributed by atoms with Crippen LogP contribution in [0.5, 0.6) is 11.5 Å². The Hall–Kier alpha value is -3.71. The van der Waals surface area contributed by atoms with E-state index in [9.17, 15) is 14.7 Å². The number of likely N-dealkylation sites (tertiary alicyclic amines) is 1. The van der Waals surface area contributed by atoms with Crippen LogP contribution in [0.4, 0.5) is 0 Å². The topological polar surface area (TPSA) is 89.2 Å². The molecule has 0 bridgehead atoms. The molecule has 0 spiro atoms. The van der Waals surface area contributed by atoms with E-state index in [4.69, 9.17) is 25.5 Å². The Morgan fingerprint density at radius 3 is 2.50 bits per heavy atom. The van der Waals surface area contributed by atoms with Crippen LogP contribution in [-0.2, 0) is 16.1 Å². The number of furan rings is 1. The fourth-order valence-electron chi connectivity index (χ4n) is 4.13. The molecule has 2 heterocycles. The highest BCUT2D eigenvalue weighted by Gasteiger charge is 2.46. The molecule has 1 fully saturated rings. The van der Waals surface area contributed by atoms with Gasteiger partial charge in [-0.2, -0.15) is 0 Å². The Bertz CT molecular complexity index is 1250. The van der Waals surface area contributed by atoms with Crippen LogP contribution in [-0.4, -0.2) is 34.9 Å². The van der Waals surface area contributed by atoms with Gasteiger partial charge in [0.15, 0.2) is 11.5 Å². The van der Waals surface area contributed by atoms with Gasteiger partial charge < -0.3 is 23.9 Å². The molecule has 1 aliphatic heterocycles. The number of unbranched alkanes of at least 4 members (excludes halogenated alkanes) is 1. The maximum Gasteiger partial charge on any atom is 0.296 e. The van der Waals surface area contributed by atoms with Gasteiger partial charge in [0.1, 0.15) is 11.5 Å². The van der Waals surface area contributed by atoms with Crippen LogP contribution >= 0.6 is 11.6 Å². The molecule has 36 heavy (non-hydrogen) atoms. The van der Waals surface area contributed by atoms with Crippen LogP contribution in [0.15, 0.2) is 70.9 Å². The van der Waals surface area contributed by atoms with Gasteiger partial charge in [-0.3, -0.25) is 9.59 Å². The molecule has 2 aromatic carbocycles. The zero-order chi connectivity index (χ0) is 25.7. The number of carbonyl (C=O) groups excluding carboxylic acids is 2. The number of aliphatic hydroxyl groups is 1. The summed E-state index contributed by atoms with van der Waals surface area (Å²) in [4.78, 5) is 27.8. The summed E-state index contributed by atoms with van der Waals surface area (Å²) >= 11 is 6.00. The SMILES string of the molecule is CCCCOc1ccc(C2C(=C(O)c3ccc(Cl)cc3)C(=O)C(=O)N2Cc2ccco2)cc1OCC. The summed E-state index contributed by atoms with van der Waals surface area (Å²) in [6.07, 6.45) is 3.40. The summed E-state index contributed by atoms with van der Waals surface area (Å²) in [6.45, 7) is 4.96. The van der Waals surface area contributed by atoms with Crippen molar-refractivity contribution in [1.82, 2.24) is 4.90 Å². The highest BCUT2D eigenvalue weighted by atomic mass is 35.5. The first-order valence-electron chi connectivity index (χ1n) is 11.9. The maximum absolute atomic E-state index is 13.2. The molecule has 0 radical (unpaired) electrons. The second-order valence-electron chi connectivity index (χ2n) is 8.35. The highest BCUT2D eigenvalue weighted by Crippen LogP contribution is 2.43. The minimum absolute atomic E-state index is 0.0176. The summed E-state index contributed by atoms with van der Waals surface area (Å²) in [5, 5.41) is 11.7. The first kappa shape index (κ1) is 25.4. The average molecular weight is 510 g/mol. The summed E-state index contributed by atoms with van der Waals surface area (Å²) in [6, 6.07) is 14.3. The molecule has 0 saturated carbocycles. The van der Waals surface area contributed by atoms with Crippen LogP contribution in [0, 0.1) is 0 Å². The lowest BCUT2D eigenvalue weighted by molar-refractivity contribution is -0.140. The minimum atomic E-state index is -0.866. The van der Waals surface area contributed by atoms with Crippen molar-refractivity contribution in [2.45, 2.75) is 39.3 Å². The number of Topliss-reactive ketones (excluding diaryl/α,β-unsaturated/α-hetero) is 1. The van der Waals surface area contributed by atoms with E-state index in [2.05, 4.69) is 6.92 Å². The third-order valence-electron chi connectivity index (χ3n) is 5.90. The van der Waals surface area contributed by atoms with E-state index in [1.165, 1.54) is 11.2 Å². The van der Waals surface area contributed by atoms with E-state index in [1.807, 2.05) is 6.92 Å². The summed E-state index contributed by atoms with van der Waals surface area (Å²) in [7, 11) is 0. The van der Waals surface area contributed by atoms with Gasteiger partial charge in [-0.05, 0) is 67.4 Å². The molecule has 1 unspecified atom stereocenters. The van der Waals surface area contributed by atoms with Crippen molar-refractivity contribution in [3.63, 3.8) is 0 Å². The summed E-state index contributed by atoms with van der Waals surface area (Å²) < 4.78 is 17.2. The Morgan fingerprint density at radius 1 is 1.06 bits per heavy atom. The largest absolute Gasteiger partial charge is 0.507 e. The molecule has 7 nitrogen and oxygen atoms in total. The third-order valence-corrected chi connectivity index (χ3v) is 6.15. The molecule has 0 aliphatic carbocycles. The number of ether oxygens (including phenoxy) is 2. The number of hydrogen-bond donors (Lipinski definition) is 1. The number of nitrogens with zero attached hydrogens (tertiary/aromatic N) is 1. The molecular weight excluding hydrogens is 482 g/mol. The van der Waals surface area contributed by atoms with E-state index in [-0.39, 0.29) is 17.9 Å². The van der Waals surface area contributed by atoms with Gasteiger partial charge in [-0.15, -0.1) is 0 Å². The lowest BCUT2D eigenvalue weighted by Crippen LogP contribution is -2.29. The van der Waals surface area contributed by atoms with Crippen LogP contribution in [0.25, 0.3) is 5.76 Å². The van der Waals surface area contributed by atoms with Crippen molar-refractivity contribution in [3.05, 3.63) is 88.3 Å². The fourth-order valence-corrected chi connectivity index (χ4v) is 4.26. The predicted molar refractivity (Wildman–Crippen MR) is 136 cm³/mol. The van der Waals surface area contributed by atoms with Crippen molar-refractivity contribution in [2.24, 2.45) is 0 Å². The van der Waals surface area contributed by atoms with Gasteiger partial charge in [-0.1, -0.05) is 31.0 Å². The minimum Gasteiger partial charge on any atom is -0.507 e. The molecule has 3 aromatic rings. The van der Waals surface area contributed by atoms with Gasteiger partial charge >= 0.3 is 0 Å². The first-order chi connectivity index (χ1) is 17.4. The normalized spacial score (nSPS) is 17.0. The predicted octanol–water partition coefficient (Wildman–Crippen LogP) is 6.13. The van der Waals surface area contributed by atoms with Gasteiger partial charge in [0.05, 0.1) is 37.6 Å². The molecule has 188 valence electrons. The number of ketones is 1. The lowest BCUT2D eigenvalue weighted by Gasteiger charge is -2.25. The number of halogens is 1. The fraction of sp³-hybridized carbons (Fsp3) is 0.286. The number of hydrogen-bond acceptors (Lipinski definition) is 6. The van der Waals surface area contributed by atoms with Crippen molar-refractivity contribution < 1.29 is 28.6 Å². The van der Waals surface area contributed by atoms with Gasteiger partial charge in [-0.25, -0.2) is 0 Å². The lowest BCUT2D eigenvalue weighted by atomic mass is 9.95. The number of rotatable bonds is 10. The number of aliphatic hydroxyl groups excluding tert-OH is 1. The van der Waals surface area contributed by atoms with E-state index in [0.29, 0.717) is 46.6 Å². The Morgan fingerprint density at radius 2 is 1.83 bits per heavy atom. The molecule has 1 N–H and O–H groups in total. The highest BCUT2D eigenvalue weighted by molar-refractivity contribution is 6.46. The zero-order valence-electron chi connectivity index (χ0n) is 20.2. The maximum atomic E-state index is 13.2. The monoisotopic (exact) mass is 509 g/mol. The Labute approximate surface area is 214 Å². The van der Waals surface area contributed by atoms with E-state index in [1.54, 1.807) is 54.6 Å². The van der Waals surface area contributed by atoms with Gasteiger partial charge in [0.2, 0.25) is 0 Å². The first-order valence-corrected chi connectivity index (χ1v) is 12.3. The van der Waals surface area contributed by atoms with Gasteiger partial charge in [0.25, 0.3) is 11.7 Å². The van der Waals surface area contributed by atoms with Gasteiger partial charge in [0, 0.05) is 10.6 Å². The van der Waals surface area contributed by atoms with Crippen molar-refractivity contribution >= 4 is 29.1 Å². The second kappa shape index (κ2) is 11.4.